The van der Waals surface area contributed by atoms with E-state index in [0.717, 1.165) is 0 Å². The number of hydrogen-bond acceptors (Lipinski definition) is 7. The zero-order chi connectivity index (χ0) is 17.8. The first-order chi connectivity index (χ1) is 9.78. The van der Waals surface area contributed by atoms with Gasteiger partial charge in [0.15, 0.2) is 0 Å². The number of nitrogens with two attached hydrogens (primary N) is 2. The van der Waals surface area contributed by atoms with E-state index in [1.165, 1.54) is 0 Å². The molecule has 0 aliphatic heterocycles. The molecule has 0 saturated heterocycles. The van der Waals surface area contributed by atoms with Crippen LogP contribution >= 0.6 is 0 Å². The minimum Gasteiger partial charge on any atom is -0.458 e. The van der Waals surface area contributed by atoms with Crippen molar-refractivity contribution in [3.63, 3.8) is 0 Å². The Labute approximate surface area is 129 Å². The van der Waals surface area contributed by atoms with Crippen molar-refractivity contribution in [3.05, 3.63) is 10.4 Å². The van der Waals surface area contributed by atoms with Crippen LogP contribution in [0.15, 0.2) is 5.11 Å². The van der Waals surface area contributed by atoms with Crippen molar-refractivity contribution in [2.45, 2.75) is 64.3 Å². The molecular weight excluding hydrogens is 290 g/mol. The van der Waals surface area contributed by atoms with E-state index in [0.29, 0.717) is 0 Å². The average Bonchev–Trinajstić information content (AvgIpc) is 2.30. The van der Waals surface area contributed by atoms with Crippen LogP contribution in [-0.4, -0.2) is 41.3 Å². The summed E-state index contributed by atoms with van der Waals surface area (Å²) in [7, 11) is 0. The summed E-state index contributed by atoms with van der Waals surface area (Å²) >= 11 is 0. The van der Waals surface area contributed by atoms with Crippen molar-refractivity contribution in [2.75, 3.05) is 6.54 Å². The third-order valence-electron chi connectivity index (χ3n) is 2.41. The van der Waals surface area contributed by atoms with Crippen LogP contribution in [0.1, 0.15) is 41.5 Å². The first-order valence-corrected chi connectivity index (χ1v) is 6.78. The molecule has 0 aromatic rings. The molecule has 0 radical (unpaired) electrons. The number of hydrogen-bond donors (Lipinski definition) is 2. The molecule has 1 atom stereocenters. The molecule has 126 valence electrons. The average molecular weight is 315 g/mol. The molecule has 0 bridgehead atoms. The van der Waals surface area contributed by atoms with Gasteiger partial charge in [-0.2, -0.15) is 0 Å². The quantitative estimate of drug-likeness (QED) is 0.254. The Bertz CT molecular complexity index is 444. The molecule has 22 heavy (non-hydrogen) atoms. The van der Waals surface area contributed by atoms with E-state index in [1.807, 2.05) is 0 Å². The van der Waals surface area contributed by atoms with Crippen molar-refractivity contribution in [2.24, 2.45) is 16.6 Å². The smallest absolute Gasteiger partial charge is 0.338 e. The van der Waals surface area contributed by atoms with Gasteiger partial charge in [-0.05, 0) is 47.1 Å². The van der Waals surface area contributed by atoms with E-state index in [2.05, 4.69) is 10.0 Å². The molecule has 0 aromatic carbocycles. The van der Waals surface area contributed by atoms with Crippen LogP contribution in [0.25, 0.3) is 10.4 Å². The van der Waals surface area contributed by atoms with Crippen molar-refractivity contribution < 1.29 is 19.1 Å². The molecule has 0 aliphatic carbocycles. The topological polar surface area (TPSA) is 153 Å². The number of azide groups is 1. The molecule has 0 aliphatic rings. The summed E-state index contributed by atoms with van der Waals surface area (Å²) in [5.74, 6) is -2.12. The molecule has 0 spiro atoms. The van der Waals surface area contributed by atoms with E-state index in [1.54, 1.807) is 41.5 Å². The standard InChI is InChI=1S/C13H25N5O4/c1-11(2,3)21-9(19)13(15,8(7-14)17-18-16)10(20)22-12(4,5)6/h8H,7,14-15H2,1-6H3. The fraction of sp³-hybridized carbons (Fsp3) is 0.846. The molecule has 0 heterocycles. The Morgan fingerprint density at radius 1 is 1.09 bits per heavy atom. The summed E-state index contributed by atoms with van der Waals surface area (Å²) in [5, 5.41) is 3.35. The van der Waals surface area contributed by atoms with Crippen LogP contribution in [0.4, 0.5) is 0 Å². The number of rotatable bonds is 5. The van der Waals surface area contributed by atoms with Gasteiger partial charge >= 0.3 is 11.9 Å². The van der Waals surface area contributed by atoms with Gasteiger partial charge in [-0.3, -0.25) is 0 Å². The van der Waals surface area contributed by atoms with Crippen LogP contribution in [0.5, 0.6) is 0 Å². The van der Waals surface area contributed by atoms with Crippen LogP contribution in [0, 0.1) is 0 Å². The van der Waals surface area contributed by atoms with Crippen LogP contribution < -0.4 is 11.5 Å². The van der Waals surface area contributed by atoms with Gasteiger partial charge in [0, 0.05) is 11.5 Å². The van der Waals surface area contributed by atoms with Crippen molar-refractivity contribution in [1.29, 1.82) is 0 Å². The summed E-state index contributed by atoms with van der Waals surface area (Å²) < 4.78 is 10.3. The van der Waals surface area contributed by atoms with Gasteiger partial charge in [-0.1, -0.05) is 5.11 Å². The molecule has 0 saturated carbocycles. The number of esters is 2. The second-order valence-corrected chi connectivity index (χ2v) is 6.83. The second-order valence-electron chi connectivity index (χ2n) is 6.83. The lowest BCUT2D eigenvalue weighted by Crippen LogP contribution is -2.66. The lowest BCUT2D eigenvalue weighted by atomic mass is 9.91. The lowest BCUT2D eigenvalue weighted by Gasteiger charge is -2.34. The second kappa shape index (κ2) is 6.95. The van der Waals surface area contributed by atoms with Crippen LogP contribution in [-0.2, 0) is 19.1 Å². The Balaban J connectivity index is 5.80. The van der Waals surface area contributed by atoms with Crippen LogP contribution in [0.3, 0.4) is 0 Å². The van der Waals surface area contributed by atoms with Crippen molar-refractivity contribution in [1.82, 2.24) is 0 Å². The number of nitrogens with zero attached hydrogens (tertiary/aromatic N) is 3. The first-order valence-electron chi connectivity index (χ1n) is 6.78. The Hall–Kier alpha value is -1.83. The Morgan fingerprint density at radius 2 is 1.45 bits per heavy atom. The van der Waals surface area contributed by atoms with Crippen molar-refractivity contribution >= 4 is 11.9 Å². The van der Waals surface area contributed by atoms with E-state index < -0.39 is 34.7 Å². The van der Waals surface area contributed by atoms with E-state index in [-0.39, 0.29) is 6.54 Å². The third-order valence-corrected chi connectivity index (χ3v) is 2.41. The van der Waals surface area contributed by atoms with Gasteiger partial charge < -0.3 is 20.9 Å². The minimum absolute atomic E-state index is 0.320. The van der Waals surface area contributed by atoms with Gasteiger partial charge in [-0.25, -0.2) is 9.59 Å². The maximum absolute atomic E-state index is 12.4. The number of ether oxygens (including phenoxy) is 2. The zero-order valence-corrected chi connectivity index (χ0v) is 13.9. The SMILES string of the molecule is CC(C)(C)OC(=O)C(N)(C(=O)OC(C)(C)C)C(CN)N=[N+]=[N-]. The van der Waals surface area contributed by atoms with E-state index in [4.69, 9.17) is 26.5 Å². The highest BCUT2D eigenvalue weighted by Crippen LogP contribution is 2.22. The normalized spacial score (nSPS) is 13.8. The summed E-state index contributed by atoms with van der Waals surface area (Å²) in [6.45, 7) is 9.38. The molecular formula is C13H25N5O4. The molecule has 9 heteroatoms. The predicted octanol–water partition coefficient (Wildman–Crippen LogP) is 1.00. The molecule has 0 fully saturated rings. The van der Waals surface area contributed by atoms with Gasteiger partial charge in [0.2, 0.25) is 5.54 Å². The summed E-state index contributed by atoms with van der Waals surface area (Å²) in [4.78, 5) is 27.4. The maximum atomic E-state index is 12.4. The highest BCUT2D eigenvalue weighted by atomic mass is 16.6. The fourth-order valence-electron chi connectivity index (χ4n) is 1.47. The summed E-state index contributed by atoms with van der Waals surface area (Å²) in [6, 6.07) is -1.33. The van der Waals surface area contributed by atoms with E-state index in [9.17, 15) is 9.59 Å². The largest absolute Gasteiger partial charge is 0.458 e. The van der Waals surface area contributed by atoms with Crippen LogP contribution in [0.2, 0.25) is 0 Å². The maximum Gasteiger partial charge on any atom is 0.338 e. The predicted molar refractivity (Wildman–Crippen MR) is 80.6 cm³/mol. The monoisotopic (exact) mass is 315 g/mol. The Morgan fingerprint density at radius 3 is 1.68 bits per heavy atom. The first kappa shape index (κ1) is 20.2. The van der Waals surface area contributed by atoms with Gasteiger partial charge in [-0.15, -0.1) is 0 Å². The lowest BCUT2D eigenvalue weighted by molar-refractivity contribution is -0.178. The van der Waals surface area contributed by atoms with Gasteiger partial charge in [0.05, 0.1) is 6.04 Å². The van der Waals surface area contributed by atoms with Gasteiger partial charge in [0.1, 0.15) is 11.2 Å². The fourth-order valence-corrected chi connectivity index (χ4v) is 1.47. The number of carbonyl (C=O) groups is 2. The van der Waals surface area contributed by atoms with E-state index >= 15 is 0 Å². The number of carbonyl (C=O) groups excluding carboxylic acids is 2. The highest BCUT2D eigenvalue weighted by molar-refractivity contribution is 6.06. The highest BCUT2D eigenvalue weighted by Gasteiger charge is 2.53. The summed E-state index contributed by atoms with van der Waals surface area (Å²) in [5.41, 5.74) is 15.9. The minimum atomic E-state index is -2.32. The van der Waals surface area contributed by atoms with Crippen molar-refractivity contribution in [3.8, 4) is 0 Å². The summed E-state index contributed by atoms with van der Waals surface area (Å²) in [6.07, 6.45) is 0. The molecule has 4 N–H and O–H groups in total. The Kier molecular flexibility index (Phi) is 6.37. The molecule has 0 rings (SSSR count). The zero-order valence-electron chi connectivity index (χ0n) is 13.9. The van der Waals surface area contributed by atoms with Gasteiger partial charge in [0.25, 0.3) is 0 Å². The molecule has 1 unspecified atom stereocenters. The molecule has 0 amide bonds. The molecule has 0 aromatic heterocycles. The third kappa shape index (κ3) is 5.51. The molecule has 9 nitrogen and oxygen atoms in total.